The third kappa shape index (κ3) is 3.21. The number of piperidine rings is 1. The summed E-state index contributed by atoms with van der Waals surface area (Å²) < 4.78 is 27.8. The van der Waals surface area contributed by atoms with E-state index in [-0.39, 0.29) is 13.1 Å². The SMILES string of the molecule is CCC1CCN(S(=O)(=O)N2CC=CC(C(=O)O)C2)CC1. The fourth-order valence-corrected chi connectivity index (χ4v) is 4.38. The summed E-state index contributed by atoms with van der Waals surface area (Å²) in [5.41, 5.74) is 0. The number of carboxylic acid groups (broad SMARTS) is 1. The number of nitrogens with zero attached hydrogens (tertiary/aromatic N) is 2. The Morgan fingerprint density at radius 2 is 1.95 bits per heavy atom. The maximum Gasteiger partial charge on any atom is 0.311 e. The van der Waals surface area contributed by atoms with E-state index in [9.17, 15) is 13.2 Å². The van der Waals surface area contributed by atoms with E-state index in [1.54, 1.807) is 12.2 Å². The number of carbonyl (C=O) groups is 1. The smallest absolute Gasteiger partial charge is 0.311 e. The van der Waals surface area contributed by atoms with Gasteiger partial charge >= 0.3 is 5.97 Å². The van der Waals surface area contributed by atoms with E-state index < -0.39 is 22.1 Å². The zero-order valence-corrected chi connectivity index (χ0v) is 12.6. The molecule has 0 saturated carbocycles. The van der Waals surface area contributed by atoms with Crippen molar-refractivity contribution in [1.82, 2.24) is 8.61 Å². The standard InChI is InChI=1S/C13H22N2O4S/c1-2-11-5-8-14(9-6-11)20(18,19)15-7-3-4-12(10-15)13(16)17/h3-4,11-12H,2,5-10H2,1H3,(H,16,17). The summed E-state index contributed by atoms with van der Waals surface area (Å²) in [4.78, 5) is 11.0. The van der Waals surface area contributed by atoms with Crippen molar-refractivity contribution in [3.8, 4) is 0 Å². The van der Waals surface area contributed by atoms with Crippen LogP contribution in [0.2, 0.25) is 0 Å². The molecule has 0 aromatic carbocycles. The van der Waals surface area contributed by atoms with Crippen molar-refractivity contribution >= 4 is 16.2 Å². The van der Waals surface area contributed by atoms with Gasteiger partial charge in [0.25, 0.3) is 10.2 Å². The van der Waals surface area contributed by atoms with Gasteiger partial charge in [-0.05, 0) is 18.8 Å². The molecular formula is C13H22N2O4S. The van der Waals surface area contributed by atoms with E-state index in [2.05, 4.69) is 6.92 Å². The normalized spacial score (nSPS) is 26.8. The van der Waals surface area contributed by atoms with E-state index in [0.717, 1.165) is 19.3 Å². The third-order valence-electron chi connectivity index (χ3n) is 4.20. The first-order valence-corrected chi connectivity index (χ1v) is 8.49. The number of carboxylic acids is 1. The molecule has 1 N–H and O–H groups in total. The molecule has 0 radical (unpaired) electrons. The summed E-state index contributed by atoms with van der Waals surface area (Å²) in [5.74, 6) is -1.12. The van der Waals surface area contributed by atoms with E-state index >= 15 is 0 Å². The highest BCUT2D eigenvalue weighted by Crippen LogP contribution is 2.24. The molecule has 1 saturated heterocycles. The molecule has 6 nitrogen and oxygen atoms in total. The predicted molar refractivity (Wildman–Crippen MR) is 75.3 cm³/mol. The molecule has 1 fully saturated rings. The zero-order valence-electron chi connectivity index (χ0n) is 11.7. The summed E-state index contributed by atoms with van der Waals surface area (Å²) in [6, 6.07) is 0. The molecule has 0 aliphatic carbocycles. The van der Waals surface area contributed by atoms with Crippen LogP contribution in [-0.4, -0.2) is 54.3 Å². The molecule has 20 heavy (non-hydrogen) atoms. The minimum absolute atomic E-state index is 0.0296. The number of hydrogen-bond acceptors (Lipinski definition) is 3. The van der Waals surface area contributed by atoms with Crippen molar-refractivity contribution < 1.29 is 18.3 Å². The number of hydrogen-bond donors (Lipinski definition) is 1. The molecule has 1 unspecified atom stereocenters. The molecule has 114 valence electrons. The molecule has 0 spiro atoms. The maximum absolute atomic E-state index is 12.5. The fourth-order valence-electron chi connectivity index (χ4n) is 2.76. The molecule has 2 aliphatic rings. The molecule has 0 aromatic rings. The summed E-state index contributed by atoms with van der Waals surface area (Å²) in [7, 11) is -3.53. The Labute approximate surface area is 120 Å². The average molecular weight is 302 g/mol. The first-order valence-electron chi connectivity index (χ1n) is 7.09. The van der Waals surface area contributed by atoms with Gasteiger partial charge in [-0.1, -0.05) is 25.5 Å². The van der Waals surface area contributed by atoms with Crippen LogP contribution in [0.15, 0.2) is 12.2 Å². The first-order chi connectivity index (χ1) is 9.45. The number of rotatable bonds is 4. The summed E-state index contributed by atoms with van der Waals surface area (Å²) in [6.07, 6.45) is 6.06. The Kier molecular flexibility index (Phi) is 4.82. The molecule has 7 heteroatoms. The van der Waals surface area contributed by atoms with Crippen LogP contribution in [0.1, 0.15) is 26.2 Å². The van der Waals surface area contributed by atoms with Crippen molar-refractivity contribution in [1.29, 1.82) is 0 Å². The van der Waals surface area contributed by atoms with Crippen LogP contribution in [0.3, 0.4) is 0 Å². The molecule has 1 atom stereocenters. The van der Waals surface area contributed by atoms with Gasteiger partial charge in [0.15, 0.2) is 0 Å². The molecule has 2 heterocycles. The van der Waals surface area contributed by atoms with Crippen molar-refractivity contribution in [2.75, 3.05) is 26.2 Å². The van der Waals surface area contributed by atoms with Crippen molar-refractivity contribution in [3.05, 3.63) is 12.2 Å². The van der Waals surface area contributed by atoms with Gasteiger partial charge in [-0.15, -0.1) is 0 Å². The van der Waals surface area contributed by atoms with Crippen molar-refractivity contribution in [2.45, 2.75) is 26.2 Å². The summed E-state index contributed by atoms with van der Waals surface area (Å²) in [5, 5.41) is 9.01. The van der Waals surface area contributed by atoms with Crippen LogP contribution >= 0.6 is 0 Å². The second-order valence-corrected chi connectivity index (χ2v) is 7.38. The van der Waals surface area contributed by atoms with Gasteiger partial charge in [-0.25, -0.2) is 0 Å². The minimum Gasteiger partial charge on any atom is -0.481 e. The van der Waals surface area contributed by atoms with Crippen LogP contribution < -0.4 is 0 Å². The lowest BCUT2D eigenvalue weighted by Gasteiger charge is -2.35. The van der Waals surface area contributed by atoms with Crippen LogP contribution in [0.5, 0.6) is 0 Å². The highest BCUT2D eigenvalue weighted by atomic mass is 32.2. The van der Waals surface area contributed by atoms with E-state index in [4.69, 9.17) is 5.11 Å². The van der Waals surface area contributed by atoms with Crippen LogP contribution in [0, 0.1) is 11.8 Å². The summed E-state index contributed by atoms with van der Waals surface area (Å²) in [6.45, 7) is 3.50. The van der Waals surface area contributed by atoms with Crippen molar-refractivity contribution in [3.63, 3.8) is 0 Å². The van der Waals surface area contributed by atoms with Gasteiger partial charge in [0.1, 0.15) is 0 Å². The molecule has 2 aliphatic heterocycles. The van der Waals surface area contributed by atoms with Gasteiger partial charge in [0.2, 0.25) is 0 Å². The highest BCUT2D eigenvalue weighted by molar-refractivity contribution is 7.86. The Hall–Kier alpha value is -0.920. The Morgan fingerprint density at radius 3 is 2.50 bits per heavy atom. The Balaban J connectivity index is 2.04. The predicted octanol–water partition coefficient (Wildman–Crippen LogP) is 0.926. The Bertz CT molecular complexity index is 481. The molecule has 0 amide bonds. The minimum atomic E-state index is -3.53. The largest absolute Gasteiger partial charge is 0.481 e. The van der Waals surface area contributed by atoms with Gasteiger partial charge in [-0.2, -0.15) is 17.0 Å². The molecule has 0 bridgehead atoms. The summed E-state index contributed by atoms with van der Waals surface area (Å²) >= 11 is 0. The van der Waals surface area contributed by atoms with Crippen molar-refractivity contribution in [2.24, 2.45) is 11.8 Å². The fraction of sp³-hybridized carbons (Fsp3) is 0.769. The second-order valence-electron chi connectivity index (χ2n) is 5.45. The average Bonchev–Trinajstić information content (AvgIpc) is 2.47. The van der Waals surface area contributed by atoms with Gasteiger partial charge < -0.3 is 5.11 Å². The van der Waals surface area contributed by atoms with Gasteiger partial charge in [0, 0.05) is 26.2 Å². The van der Waals surface area contributed by atoms with Gasteiger partial charge in [0.05, 0.1) is 5.92 Å². The second kappa shape index (κ2) is 6.24. The third-order valence-corrected chi connectivity index (χ3v) is 6.17. The van der Waals surface area contributed by atoms with E-state index in [0.29, 0.717) is 19.0 Å². The lowest BCUT2D eigenvalue weighted by molar-refractivity contribution is -0.140. The molecular weight excluding hydrogens is 280 g/mol. The Morgan fingerprint density at radius 1 is 1.30 bits per heavy atom. The zero-order chi connectivity index (χ0) is 14.8. The lowest BCUT2D eigenvalue weighted by Crippen LogP contribution is -2.50. The van der Waals surface area contributed by atoms with Crippen LogP contribution in [-0.2, 0) is 15.0 Å². The topological polar surface area (TPSA) is 77.9 Å². The van der Waals surface area contributed by atoms with Crippen LogP contribution in [0.4, 0.5) is 0 Å². The quantitative estimate of drug-likeness (QED) is 0.784. The van der Waals surface area contributed by atoms with E-state index in [1.807, 2.05) is 0 Å². The highest BCUT2D eigenvalue weighted by Gasteiger charge is 2.35. The first kappa shape index (κ1) is 15.5. The van der Waals surface area contributed by atoms with E-state index in [1.165, 1.54) is 8.61 Å². The van der Waals surface area contributed by atoms with Crippen LogP contribution in [0.25, 0.3) is 0 Å². The number of aliphatic carboxylic acids is 1. The molecule has 0 aromatic heterocycles. The lowest BCUT2D eigenvalue weighted by atomic mass is 9.96. The maximum atomic E-state index is 12.5. The molecule has 2 rings (SSSR count). The van der Waals surface area contributed by atoms with Gasteiger partial charge in [-0.3, -0.25) is 4.79 Å². The monoisotopic (exact) mass is 302 g/mol.